The van der Waals surface area contributed by atoms with Crippen LogP contribution in [0.2, 0.25) is 0 Å². The molecule has 24 heavy (non-hydrogen) atoms. The maximum absolute atomic E-state index is 12.5. The molecule has 0 aromatic heterocycles. The summed E-state index contributed by atoms with van der Waals surface area (Å²) in [7, 11) is 1.74. The van der Waals surface area contributed by atoms with Gasteiger partial charge in [-0.05, 0) is 44.2 Å². The van der Waals surface area contributed by atoms with Gasteiger partial charge in [-0.3, -0.25) is 9.59 Å². The van der Waals surface area contributed by atoms with Crippen LogP contribution in [0, 0.1) is 13.8 Å². The van der Waals surface area contributed by atoms with Gasteiger partial charge in [0.1, 0.15) is 12.4 Å². The Hall–Kier alpha value is -2.82. The first-order valence-electron chi connectivity index (χ1n) is 7.86. The molecule has 0 saturated carbocycles. The predicted octanol–water partition coefficient (Wildman–Crippen LogP) is 3.02. The summed E-state index contributed by atoms with van der Waals surface area (Å²) in [4.78, 5) is 26.4. The van der Waals surface area contributed by atoms with Crippen LogP contribution in [0.15, 0.2) is 36.4 Å². The van der Waals surface area contributed by atoms with Gasteiger partial charge in [0.2, 0.25) is 0 Å². The van der Waals surface area contributed by atoms with Crippen molar-refractivity contribution in [1.82, 2.24) is 4.90 Å². The molecule has 0 spiro atoms. The number of rotatable bonds is 2. The lowest BCUT2D eigenvalue weighted by molar-refractivity contribution is 0.0796. The van der Waals surface area contributed by atoms with Gasteiger partial charge in [-0.2, -0.15) is 0 Å². The van der Waals surface area contributed by atoms with E-state index in [2.05, 4.69) is 5.32 Å². The summed E-state index contributed by atoms with van der Waals surface area (Å²) < 4.78 is 5.59. The Morgan fingerprint density at radius 2 is 1.83 bits per heavy atom. The third-order valence-corrected chi connectivity index (χ3v) is 3.98. The fourth-order valence-electron chi connectivity index (χ4n) is 2.81. The molecule has 0 saturated heterocycles. The van der Waals surface area contributed by atoms with Gasteiger partial charge < -0.3 is 15.0 Å². The van der Waals surface area contributed by atoms with Gasteiger partial charge in [-0.15, -0.1) is 0 Å². The quantitative estimate of drug-likeness (QED) is 0.924. The molecular weight excluding hydrogens is 304 g/mol. The molecule has 2 aromatic rings. The molecular formula is C19H20N2O3. The normalized spacial score (nSPS) is 13.8. The number of fused-ring (bicyclic) bond motifs is 1. The summed E-state index contributed by atoms with van der Waals surface area (Å²) in [6.45, 7) is 4.91. The van der Waals surface area contributed by atoms with Crippen LogP contribution in [0.4, 0.5) is 5.69 Å². The van der Waals surface area contributed by atoms with Gasteiger partial charge in [-0.25, -0.2) is 0 Å². The highest BCUT2D eigenvalue weighted by Gasteiger charge is 2.21. The van der Waals surface area contributed by atoms with Crippen molar-refractivity contribution < 1.29 is 14.3 Å². The summed E-state index contributed by atoms with van der Waals surface area (Å²) in [5.74, 6) is 0.246. The Balaban J connectivity index is 1.87. The molecule has 0 radical (unpaired) electrons. The first-order valence-corrected chi connectivity index (χ1v) is 7.86. The van der Waals surface area contributed by atoms with Gasteiger partial charge in [0.15, 0.2) is 0 Å². The van der Waals surface area contributed by atoms with Crippen molar-refractivity contribution in [3.8, 4) is 5.75 Å². The number of ether oxygens (including phenoxy) is 1. The fraction of sp³-hybridized carbons (Fsp3) is 0.263. The van der Waals surface area contributed by atoms with Gasteiger partial charge in [0.25, 0.3) is 11.8 Å². The number of amides is 2. The van der Waals surface area contributed by atoms with E-state index in [0.717, 1.165) is 11.1 Å². The highest BCUT2D eigenvalue weighted by atomic mass is 16.5. The molecule has 0 unspecified atom stereocenters. The molecule has 1 aliphatic heterocycles. The smallest absolute Gasteiger partial charge is 0.257 e. The van der Waals surface area contributed by atoms with E-state index in [-0.39, 0.29) is 11.8 Å². The fourth-order valence-corrected chi connectivity index (χ4v) is 2.81. The van der Waals surface area contributed by atoms with Crippen LogP contribution in [-0.4, -0.2) is 36.9 Å². The molecule has 124 valence electrons. The molecule has 1 heterocycles. The average Bonchev–Trinajstić information content (AvgIpc) is 2.66. The summed E-state index contributed by atoms with van der Waals surface area (Å²) >= 11 is 0. The lowest BCUT2D eigenvalue weighted by Gasteiger charge is -2.13. The average molecular weight is 324 g/mol. The van der Waals surface area contributed by atoms with Gasteiger partial charge in [-0.1, -0.05) is 17.2 Å². The summed E-state index contributed by atoms with van der Waals surface area (Å²) in [5.41, 5.74) is 3.71. The molecule has 0 aliphatic carbocycles. The standard InChI is InChI=1S/C19H20N2O3/c1-12-8-13(2)10-14(9-12)18(22)20-15-4-5-17-16(11-15)19(23)21(3)6-7-24-17/h4-5,8-11H,6-7H2,1-3H3,(H,20,22). The largest absolute Gasteiger partial charge is 0.491 e. The van der Waals surface area contributed by atoms with Crippen LogP contribution in [0.5, 0.6) is 5.75 Å². The molecule has 5 heteroatoms. The van der Waals surface area contributed by atoms with Crippen LogP contribution < -0.4 is 10.1 Å². The topological polar surface area (TPSA) is 58.6 Å². The van der Waals surface area contributed by atoms with Gasteiger partial charge in [0.05, 0.1) is 12.1 Å². The van der Waals surface area contributed by atoms with E-state index < -0.39 is 0 Å². The van der Waals surface area contributed by atoms with Crippen molar-refractivity contribution in [2.75, 3.05) is 25.5 Å². The zero-order valence-corrected chi connectivity index (χ0v) is 14.1. The summed E-state index contributed by atoms with van der Waals surface area (Å²) in [5, 5.41) is 2.85. The Labute approximate surface area is 141 Å². The Bertz CT molecular complexity index is 794. The van der Waals surface area contributed by atoms with Crippen molar-refractivity contribution in [2.24, 2.45) is 0 Å². The lowest BCUT2D eigenvalue weighted by atomic mass is 10.1. The minimum absolute atomic E-state index is 0.106. The number of carbonyl (C=O) groups excluding carboxylic acids is 2. The highest BCUT2D eigenvalue weighted by molar-refractivity contribution is 6.05. The molecule has 0 atom stereocenters. The van der Waals surface area contributed by atoms with Crippen molar-refractivity contribution in [2.45, 2.75) is 13.8 Å². The van der Waals surface area contributed by atoms with Crippen molar-refractivity contribution >= 4 is 17.5 Å². The maximum atomic E-state index is 12.5. The molecule has 2 aromatic carbocycles. The first kappa shape index (κ1) is 16.1. The van der Waals surface area contributed by atoms with Crippen LogP contribution in [0.3, 0.4) is 0 Å². The number of nitrogens with zero attached hydrogens (tertiary/aromatic N) is 1. The van der Waals surface area contributed by atoms with Gasteiger partial charge >= 0.3 is 0 Å². The number of nitrogens with one attached hydrogen (secondary N) is 1. The number of likely N-dealkylation sites (N-methyl/N-ethyl adjacent to an activating group) is 1. The number of anilines is 1. The zero-order chi connectivity index (χ0) is 17.3. The van der Waals surface area contributed by atoms with Gasteiger partial charge in [0, 0.05) is 18.3 Å². The van der Waals surface area contributed by atoms with E-state index in [4.69, 9.17) is 4.74 Å². The van der Waals surface area contributed by atoms with Crippen molar-refractivity contribution in [3.63, 3.8) is 0 Å². The van der Waals surface area contributed by atoms with Crippen molar-refractivity contribution in [3.05, 3.63) is 58.7 Å². The van der Waals surface area contributed by atoms with E-state index >= 15 is 0 Å². The van der Waals surface area contributed by atoms with Crippen LogP contribution in [0.25, 0.3) is 0 Å². The van der Waals surface area contributed by atoms with Crippen molar-refractivity contribution in [1.29, 1.82) is 0 Å². The second-order valence-electron chi connectivity index (χ2n) is 6.12. The molecule has 1 N–H and O–H groups in total. The summed E-state index contributed by atoms with van der Waals surface area (Å²) in [6.07, 6.45) is 0. The SMILES string of the molecule is Cc1cc(C)cc(C(=O)Nc2ccc3c(c2)C(=O)N(C)CCO3)c1. The molecule has 3 rings (SSSR count). The molecule has 1 aliphatic rings. The van der Waals surface area contributed by atoms with Crippen LogP contribution in [-0.2, 0) is 0 Å². The number of benzene rings is 2. The second kappa shape index (κ2) is 6.35. The maximum Gasteiger partial charge on any atom is 0.257 e. The third-order valence-electron chi connectivity index (χ3n) is 3.98. The number of carbonyl (C=O) groups is 2. The predicted molar refractivity (Wildman–Crippen MR) is 92.8 cm³/mol. The van der Waals surface area contributed by atoms with E-state index in [1.807, 2.05) is 32.0 Å². The number of hydrogen-bond donors (Lipinski definition) is 1. The molecule has 2 amide bonds. The number of hydrogen-bond acceptors (Lipinski definition) is 3. The molecule has 5 nitrogen and oxygen atoms in total. The van der Waals surface area contributed by atoms with E-state index in [1.54, 1.807) is 30.1 Å². The minimum atomic E-state index is -0.197. The third kappa shape index (κ3) is 3.25. The van der Waals surface area contributed by atoms with Crippen LogP contribution >= 0.6 is 0 Å². The summed E-state index contributed by atoms with van der Waals surface area (Å²) in [6, 6.07) is 10.8. The molecule has 0 bridgehead atoms. The second-order valence-corrected chi connectivity index (χ2v) is 6.12. The lowest BCUT2D eigenvalue weighted by Crippen LogP contribution is -2.27. The highest BCUT2D eigenvalue weighted by Crippen LogP contribution is 2.26. The van der Waals surface area contributed by atoms with E-state index in [9.17, 15) is 9.59 Å². The Kier molecular flexibility index (Phi) is 4.25. The van der Waals surface area contributed by atoms with Crippen LogP contribution in [0.1, 0.15) is 31.8 Å². The monoisotopic (exact) mass is 324 g/mol. The zero-order valence-electron chi connectivity index (χ0n) is 14.1. The molecule has 0 fully saturated rings. The first-order chi connectivity index (χ1) is 11.4. The van der Waals surface area contributed by atoms with E-state index in [1.165, 1.54) is 0 Å². The Morgan fingerprint density at radius 3 is 2.54 bits per heavy atom. The minimum Gasteiger partial charge on any atom is -0.491 e. The van der Waals surface area contributed by atoms with E-state index in [0.29, 0.717) is 35.7 Å². The Morgan fingerprint density at radius 1 is 1.12 bits per heavy atom. The number of aryl methyl sites for hydroxylation is 2.